The fourth-order valence-electron chi connectivity index (χ4n) is 2.23. The number of hydrogen-bond acceptors (Lipinski definition) is 3. The number of nitrogens with two attached hydrogens (primary N) is 1. The predicted octanol–water partition coefficient (Wildman–Crippen LogP) is 4.86. The number of benzene rings is 2. The zero-order chi connectivity index (χ0) is 16.7. The second-order valence-electron chi connectivity index (χ2n) is 5.41. The number of anilines is 2. The van der Waals surface area contributed by atoms with Gasteiger partial charge in [0.15, 0.2) is 0 Å². The average Bonchev–Trinajstić information content (AvgIpc) is 2.55. The van der Waals surface area contributed by atoms with Crippen LogP contribution in [0.5, 0.6) is 0 Å². The van der Waals surface area contributed by atoms with E-state index in [9.17, 15) is 4.79 Å². The van der Waals surface area contributed by atoms with E-state index < -0.39 is 6.04 Å². The minimum Gasteiger partial charge on any atom is -0.379 e. The number of amides is 1. The molecule has 1 amide bonds. The van der Waals surface area contributed by atoms with Crippen LogP contribution in [-0.4, -0.2) is 11.9 Å². The van der Waals surface area contributed by atoms with E-state index in [0.29, 0.717) is 23.7 Å². The standard InChI is InChI=1S/C18H22ClN3O.2ClH/c1-2-6-15(20)18(23)22-17-11-14(19)9-10-16(17)21-12-13-7-4-3-5-8-13;;/h3-5,7-11,15,21H,2,6,12,20H2,1H3,(H,22,23);2*1H. The fourth-order valence-corrected chi connectivity index (χ4v) is 2.41. The van der Waals surface area contributed by atoms with Crippen molar-refractivity contribution in [3.05, 3.63) is 59.1 Å². The van der Waals surface area contributed by atoms with Crippen LogP contribution in [0.3, 0.4) is 0 Å². The first-order chi connectivity index (χ1) is 11.1. The summed E-state index contributed by atoms with van der Waals surface area (Å²) in [5.74, 6) is -0.197. The smallest absolute Gasteiger partial charge is 0.241 e. The first kappa shape index (κ1) is 23.5. The van der Waals surface area contributed by atoms with E-state index in [1.807, 2.05) is 43.3 Å². The van der Waals surface area contributed by atoms with Gasteiger partial charge in [0.1, 0.15) is 0 Å². The van der Waals surface area contributed by atoms with Crippen LogP contribution in [-0.2, 0) is 11.3 Å². The molecule has 7 heteroatoms. The average molecular weight is 405 g/mol. The highest BCUT2D eigenvalue weighted by molar-refractivity contribution is 6.31. The summed E-state index contributed by atoms with van der Waals surface area (Å²) in [4.78, 5) is 12.1. The molecule has 0 aliphatic heterocycles. The summed E-state index contributed by atoms with van der Waals surface area (Å²) in [6, 6.07) is 14.9. The van der Waals surface area contributed by atoms with Crippen LogP contribution in [0.4, 0.5) is 11.4 Å². The van der Waals surface area contributed by atoms with Gasteiger partial charge >= 0.3 is 0 Å². The van der Waals surface area contributed by atoms with Gasteiger partial charge in [0.2, 0.25) is 5.91 Å². The normalized spacial score (nSPS) is 10.8. The topological polar surface area (TPSA) is 67.2 Å². The second kappa shape index (κ2) is 12.0. The second-order valence-corrected chi connectivity index (χ2v) is 5.85. The summed E-state index contributed by atoms with van der Waals surface area (Å²) in [6.45, 7) is 2.66. The summed E-state index contributed by atoms with van der Waals surface area (Å²) in [5.41, 5.74) is 8.48. The lowest BCUT2D eigenvalue weighted by atomic mass is 10.1. The molecule has 0 saturated heterocycles. The van der Waals surface area contributed by atoms with Crippen LogP contribution in [0.25, 0.3) is 0 Å². The molecule has 1 atom stereocenters. The van der Waals surface area contributed by atoms with Crippen LogP contribution >= 0.6 is 36.4 Å². The molecule has 4 N–H and O–H groups in total. The van der Waals surface area contributed by atoms with Crippen LogP contribution in [0, 0.1) is 0 Å². The molecule has 1 unspecified atom stereocenters. The maximum atomic E-state index is 12.1. The van der Waals surface area contributed by atoms with Crippen LogP contribution in [0.2, 0.25) is 5.02 Å². The molecule has 138 valence electrons. The zero-order valence-electron chi connectivity index (χ0n) is 14.0. The highest BCUT2D eigenvalue weighted by Gasteiger charge is 2.14. The number of rotatable bonds is 7. The monoisotopic (exact) mass is 403 g/mol. The number of carbonyl (C=O) groups is 1. The van der Waals surface area contributed by atoms with Crippen molar-refractivity contribution in [1.29, 1.82) is 0 Å². The van der Waals surface area contributed by atoms with Gasteiger partial charge in [0.05, 0.1) is 17.4 Å². The van der Waals surface area contributed by atoms with E-state index in [0.717, 1.165) is 17.7 Å². The molecule has 0 radical (unpaired) electrons. The molecule has 0 fully saturated rings. The Bertz CT molecular complexity index is 653. The molecule has 0 saturated carbocycles. The van der Waals surface area contributed by atoms with Crippen molar-refractivity contribution in [2.24, 2.45) is 5.73 Å². The first-order valence-corrected chi connectivity index (χ1v) is 8.11. The van der Waals surface area contributed by atoms with Crippen LogP contribution in [0.15, 0.2) is 48.5 Å². The first-order valence-electron chi connectivity index (χ1n) is 7.74. The Morgan fingerprint density at radius 2 is 1.80 bits per heavy atom. The maximum Gasteiger partial charge on any atom is 0.241 e. The van der Waals surface area contributed by atoms with Crippen molar-refractivity contribution in [3.8, 4) is 0 Å². The van der Waals surface area contributed by atoms with E-state index in [1.54, 1.807) is 12.1 Å². The van der Waals surface area contributed by atoms with Gasteiger partial charge in [0.25, 0.3) is 0 Å². The third-order valence-electron chi connectivity index (χ3n) is 3.50. The fraction of sp³-hybridized carbons (Fsp3) is 0.278. The third-order valence-corrected chi connectivity index (χ3v) is 3.74. The van der Waals surface area contributed by atoms with E-state index in [4.69, 9.17) is 17.3 Å². The van der Waals surface area contributed by atoms with E-state index in [-0.39, 0.29) is 30.7 Å². The number of carbonyl (C=O) groups excluding carboxylic acids is 1. The Kier molecular flexibility index (Phi) is 11.3. The highest BCUT2D eigenvalue weighted by Crippen LogP contribution is 2.26. The van der Waals surface area contributed by atoms with Gasteiger partial charge in [-0.25, -0.2) is 0 Å². The molecule has 25 heavy (non-hydrogen) atoms. The summed E-state index contributed by atoms with van der Waals surface area (Å²) < 4.78 is 0. The van der Waals surface area contributed by atoms with Gasteiger partial charge in [-0.2, -0.15) is 0 Å². The summed E-state index contributed by atoms with van der Waals surface area (Å²) >= 11 is 6.05. The molecule has 0 bridgehead atoms. The van der Waals surface area contributed by atoms with Crippen molar-refractivity contribution >= 4 is 53.7 Å². The molecular formula is C18H24Cl3N3O. The Balaban J connectivity index is 0.00000288. The van der Waals surface area contributed by atoms with Crippen LogP contribution in [0.1, 0.15) is 25.3 Å². The van der Waals surface area contributed by atoms with Gasteiger partial charge in [-0.05, 0) is 30.2 Å². The summed E-state index contributed by atoms with van der Waals surface area (Å²) in [7, 11) is 0. The highest BCUT2D eigenvalue weighted by atomic mass is 35.5. The molecule has 0 heterocycles. The Labute approximate surface area is 166 Å². The summed E-state index contributed by atoms with van der Waals surface area (Å²) in [6.07, 6.45) is 1.52. The van der Waals surface area contributed by atoms with Crippen molar-refractivity contribution in [2.75, 3.05) is 10.6 Å². The minimum atomic E-state index is -0.513. The maximum absolute atomic E-state index is 12.1. The lowest BCUT2D eigenvalue weighted by molar-refractivity contribution is -0.117. The van der Waals surface area contributed by atoms with Gasteiger partial charge in [-0.15, -0.1) is 24.8 Å². The van der Waals surface area contributed by atoms with E-state index in [2.05, 4.69) is 10.6 Å². The van der Waals surface area contributed by atoms with Crippen molar-refractivity contribution < 1.29 is 4.79 Å². The molecule has 0 aliphatic rings. The van der Waals surface area contributed by atoms with E-state index in [1.165, 1.54) is 0 Å². The summed E-state index contributed by atoms with van der Waals surface area (Å²) in [5, 5.41) is 6.74. The third kappa shape index (κ3) is 7.53. The molecule has 4 nitrogen and oxygen atoms in total. The Morgan fingerprint density at radius 1 is 1.12 bits per heavy atom. The molecule has 0 spiro atoms. The lowest BCUT2D eigenvalue weighted by Gasteiger charge is -2.16. The molecule has 2 aromatic rings. The lowest BCUT2D eigenvalue weighted by Crippen LogP contribution is -2.35. The zero-order valence-corrected chi connectivity index (χ0v) is 16.4. The van der Waals surface area contributed by atoms with Crippen molar-refractivity contribution in [2.45, 2.75) is 32.4 Å². The van der Waals surface area contributed by atoms with Gasteiger partial charge in [-0.3, -0.25) is 4.79 Å². The molecule has 2 aromatic carbocycles. The minimum absolute atomic E-state index is 0. The van der Waals surface area contributed by atoms with Crippen molar-refractivity contribution in [1.82, 2.24) is 0 Å². The molecule has 0 aliphatic carbocycles. The predicted molar refractivity (Wildman–Crippen MR) is 111 cm³/mol. The largest absolute Gasteiger partial charge is 0.379 e. The molecule has 2 rings (SSSR count). The number of nitrogens with one attached hydrogen (secondary N) is 2. The molecule has 0 aromatic heterocycles. The van der Waals surface area contributed by atoms with Gasteiger partial charge < -0.3 is 16.4 Å². The van der Waals surface area contributed by atoms with E-state index >= 15 is 0 Å². The van der Waals surface area contributed by atoms with Gasteiger partial charge in [0, 0.05) is 11.6 Å². The molecular weight excluding hydrogens is 381 g/mol. The quantitative estimate of drug-likeness (QED) is 0.617. The number of hydrogen-bond donors (Lipinski definition) is 3. The SMILES string of the molecule is CCCC(N)C(=O)Nc1cc(Cl)ccc1NCc1ccccc1.Cl.Cl. The van der Waals surface area contributed by atoms with Gasteiger partial charge in [-0.1, -0.05) is 55.3 Å². The van der Waals surface area contributed by atoms with Crippen LogP contribution < -0.4 is 16.4 Å². The Hall–Kier alpha value is -1.46. The van der Waals surface area contributed by atoms with Crippen molar-refractivity contribution in [3.63, 3.8) is 0 Å². The number of halogens is 3. The Morgan fingerprint density at radius 3 is 2.44 bits per heavy atom.